The summed E-state index contributed by atoms with van der Waals surface area (Å²) in [6.07, 6.45) is 3.75. The molecule has 1 aliphatic carbocycles. The Labute approximate surface area is 129 Å². The normalized spacial score (nSPS) is 22.5. The van der Waals surface area contributed by atoms with Crippen LogP contribution in [-0.4, -0.2) is 36.2 Å². The van der Waals surface area contributed by atoms with E-state index in [1.54, 1.807) is 6.07 Å². The van der Waals surface area contributed by atoms with Gasteiger partial charge in [0.1, 0.15) is 10.8 Å². The summed E-state index contributed by atoms with van der Waals surface area (Å²) >= 11 is 12.1. The van der Waals surface area contributed by atoms with Gasteiger partial charge in [-0.25, -0.2) is 0 Å². The fourth-order valence-corrected chi connectivity index (χ4v) is 3.58. The number of phenolic OH excluding ortho intramolecular Hbond substituents is 1. The van der Waals surface area contributed by atoms with Crippen LogP contribution in [0.3, 0.4) is 0 Å². The number of nitrogens with zero attached hydrogens (tertiary/aromatic N) is 1. The van der Waals surface area contributed by atoms with Crippen molar-refractivity contribution in [3.8, 4) is 5.75 Å². The Bertz CT molecular complexity index is 485. The molecule has 3 nitrogen and oxygen atoms in total. The van der Waals surface area contributed by atoms with Crippen LogP contribution in [0.4, 0.5) is 0 Å². The molecule has 1 aromatic rings. The van der Waals surface area contributed by atoms with Gasteiger partial charge in [0.15, 0.2) is 0 Å². The summed E-state index contributed by atoms with van der Waals surface area (Å²) in [5, 5.41) is 14.5. The van der Waals surface area contributed by atoms with Crippen LogP contribution >= 0.6 is 23.2 Å². The number of benzene rings is 1. The van der Waals surface area contributed by atoms with Crippen LogP contribution in [0.25, 0.3) is 0 Å². The Balaban J connectivity index is 1.94. The van der Waals surface area contributed by atoms with Crippen LogP contribution < -0.4 is 5.32 Å². The lowest BCUT2D eigenvalue weighted by Gasteiger charge is -2.43. The molecule has 3 rings (SSSR count). The van der Waals surface area contributed by atoms with Gasteiger partial charge in [-0.1, -0.05) is 35.7 Å². The number of piperazine rings is 1. The molecular weight excluding hydrogens is 295 g/mol. The molecule has 5 heteroatoms. The predicted octanol–water partition coefficient (Wildman–Crippen LogP) is 3.45. The molecule has 0 spiro atoms. The number of hydrogen-bond acceptors (Lipinski definition) is 3. The number of halogens is 2. The average molecular weight is 315 g/mol. The van der Waals surface area contributed by atoms with E-state index in [1.807, 2.05) is 6.07 Å². The summed E-state index contributed by atoms with van der Waals surface area (Å²) in [5.74, 6) is 0.783. The quantitative estimate of drug-likeness (QED) is 0.897. The molecule has 20 heavy (non-hydrogen) atoms. The van der Waals surface area contributed by atoms with E-state index in [2.05, 4.69) is 10.2 Å². The molecule has 1 aromatic carbocycles. The van der Waals surface area contributed by atoms with Gasteiger partial charge in [-0.2, -0.15) is 0 Å². The molecular formula is C15H20Cl2N2O. The van der Waals surface area contributed by atoms with E-state index in [-0.39, 0.29) is 16.8 Å². The van der Waals surface area contributed by atoms with Crippen molar-refractivity contribution in [3.63, 3.8) is 0 Å². The second-order valence-electron chi connectivity index (χ2n) is 5.72. The molecule has 2 aliphatic rings. The molecule has 0 aromatic heterocycles. The molecule has 1 saturated heterocycles. The summed E-state index contributed by atoms with van der Waals surface area (Å²) in [6, 6.07) is 4.00. The minimum absolute atomic E-state index is 0.162. The lowest BCUT2D eigenvalue weighted by atomic mass is 9.76. The number of hydrogen-bond donors (Lipinski definition) is 2. The third-order valence-corrected chi connectivity index (χ3v) is 5.35. The highest BCUT2D eigenvalue weighted by Gasteiger charge is 2.35. The van der Waals surface area contributed by atoms with Crippen LogP contribution in [-0.2, 0) is 0 Å². The van der Waals surface area contributed by atoms with Crippen LogP contribution in [0.15, 0.2) is 12.1 Å². The largest absolute Gasteiger partial charge is 0.506 e. The van der Waals surface area contributed by atoms with Crippen molar-refractivity contribution in [2.75, 3.05) is 26.2 Å². The van der Waals surface area contributed by atoms with E-state index >= 15 is 0 Å². The highest BCUT2D eigenvalue weighted by Crippen LogP contribution is 2.46. The van der Waals surface area contributed by atoms with Crippen molar-refractivity contribution in [1.29, 1.82) is 0 Å². The van der Waals surface area contributed by atoms with Crippen LogP contribution in [0.2, 0.25) is 10.0 Å². The maximum atomic E-state index is 10.4. The fraction of sp³-hybridized carbons (Fsp3) is 0.600. The monoisotopic (exact) mass is 314 g/mol. The SMILES string of the molecule is Oc1c([C@H](C2CCC2)N2CCNCC2)ccc(Cl)c1Cl. The Morgan fingerprint density at radius 2 is 1.90 bits per heavy atom. The van der Waals surface area contributed by atoms with Crippen LogP contribution in [0.1, 0.15) is 30.9 Å². The third-order valence-electron chi connectivity index (χ3n) is 4.56. The van der Waals surface area contributed by atoms with Gasteiger partial charge in [-0.15, -0.1) is 0 Å². The molecule has 0 unspecified atom stereocenters. The van der Waals surface area contributed by atoms with Gasteiger partial charge in [0.05, 0.1) is 5.02 Å². The van der Waals surface area contributed by atoms with Gasteiger partial charge in [0, 0.05) is 37.8 Å². The van der Waals surface area contributed by atoms with E-state index in [1.165, 1.54) is 19.3 Å². The van der Waals surface area contributed by atoms with E-state index < -0.39 is 0 Å². The maximum Gasteiger partial charge on any atom is 0.140 e. The zero-order valence-corrected chi connectivity index (χ0v) is 12.9. The summed E-state index contributed by atoms with van der Waals surface area (Å²) in [7, 11) is 0. The zero-order chi connectivity index (χ0) is 14.1. The second-order valence-corrected chi connectivity index (χ2v) is 6.51. The molecule has 1 aliphatic heterocycles. The zero-order valence-electron chi connectivity index (χ0n) is 11.4. The van der Waals surface area contributed by atoms with E-state index in [0.717, 1.165) is 31.7 Å². The fourth-order valence-electron chi connectivity index (χ4n) is 3.26. The molecule has 0 radical (unpaired) electrons. The Morgan fingerprint density at radius 1 is 1.20 bits per heavy atom. The minimum atomic E-state index is 0.162. The van der Waals surface area contributed by atoms with E-state index in [0.29, 0.717) is 10.9 Å². The van der Waals surface area contributed by atoms with Crippen molar-refractivity contribution < 1.29 is 5.11 Å². The standard InChI is InChI=1S/C15H20Cl2N2O/c16-12-5-4-11(15(20)13(12)17)14(10-2-1-3-10)19-8-6-18-7-9-19/h4-5,10,14,18,20H,1-3,6-9H2/t14-/m0/s1. The smallest absolute Gasteiger partial charge is 0.140 e. The van der Waals surface area contributed by atoms with Crippen molar-refractivity contribution in [3.05, 3.63) is 27.7 Å². The lowest BCUT2D eigenvalue weighted by Crippen LogP contribution is -2.47. The molecule has 110 valence electrons. The summed E-state index contributed by atoms with van der Waals surface area (Å²) in [6.45, 7) is 4.04. The first-order valence-corrected chi connectivity index (χ1v) is 8.05. The van der Waals surface area contributed by atoms with Gasteiger partial charge in [0.25, 0.3) is 0 Å². The maximum absolute atomic E-state index is 10.4. The summed E-state index contributed by atoms with van der Waals surface area (Å²) in [5.41, 5.74) is 0.936. The molecule has 0 amide bonds. The highest BCUT2D eigenvalue weighted by molar-refractivity contribution is 6.43. The van der Waals surface area contributed by atoms with Crippen molar-refractivity contribution in [2.24, 2.45) is 5.92 Å². The number of phenols is 1. The van der Waals surface area contributed by atoms with Crippen LogP contribution in [0, 0.1) is 5.92 Å². The minimum Gasteiger partial charge on any atom is -0.506 e. The van der Waals surface area contributed by atoms with Crippen molar-refractivity contribution >= 4 is 23.2 Å². The Kier molecular flexibility index (Phi) is 4.41. The van der Waals surface area contributed by atoms with Crippen molar-refractivity contribution in [1.82, 2.24) is 10.2 Å². The summed E-state index contributed by atoms with van der Waals surface area (Å²) in [4.78, 5) is 2.47. The first-order chi connectivity index (χ1) is 9.68. The van der Waals surface area contributed by atoms with E-state index in [4.69, 9.17) is 23.2 Å². The number of nitrogens with one attached hydrogen (secondary N) is 1. The van der Waals surface area contributed by atoms with Gasteiger partial charge in [-0.05, 0) is 24.8 Å². The molecule has 1 heterocycles. The topological polar surface area (TPSA) is 35.5 Å². The van der Waals surface area contributed by atoms with Gasteiger partial charge in [-0.3, -0.25) is 4.90 Å². The predicted molar refractivity (Wildman–Crippen MR) is 82.7 cm³/mol. The molecule has 1 saturated carbocycles. The van der Waals surface area contributed by atoms with Gasteiger partial charge >= 0.3 is 0 Å². The van der Waals surface area contributed by atoms with Gasteiger partial charge in [0.2, 0.25) is 0 Å². The second kappa shape index (κ2) is 6.10. The molecule has 0 bridgehead atoms. The third kappa shape index (κ3) is 2.64. The molecule has 2 fully saturated rings. The highest BCUT2D eigenvalue weighted by atomic mass is 35.5. The number of rotatable bonds is 3. The molecule has 1 atom stereocenters. The first kappa shape index (κ1) is 14.5. The average Bonchev–Trinajstić information content (AvgIpc) is 2.42. The van der Waals surface area contributed by atoms with E-state index in [9.17, 15) is 5.11 Å². The van der Waals surface area contributed by atoms with Crippen LogP contribution in [0.5, 0.6) is 5.75 Å². The Hall–Kier alpha value is -0.480. The number of aromatic hydroxyl groups is 1. The Morgan fingerprint density at radius 3 is 2.50 bits per heavy atom. The van der Waals surface area contributed by atoms with Crippen molar-refractivity contribution in [2.45, 2.75) is 25.3 Å². The molecule has 2 N–H and O–H groups in total. The van der Waals surface area contributed by atoms with Gasteiger partial charge < -0.3 is 10.4 Å². The first-order valence-electron chi connectivity index (χ1n) is 7.30. The lowest BCUT2D eigenvalue weighted by molar-refractivity contribution is 0.0819. The summed E-state index contributed by atoms with van der Waals surface area (Å²) < 4.78 is 0.